The minimum absolute atomic E-state index is 0.418. The zero-order chi connectivity index (χ0) is 10.1. The summed E-state index contributed by atoms with van der Waals surface area (Å²) >= 11 is 5.27. The molecule has 0 aromatic carbocycles. The number of rotatable bonds is 1. The second-order valence-corrected chi connectivity index (χ2v) is 5.22. The van der Waals surface area contributed by atoms with E-state index in [0.717, 1.165) is 22.5 Å². The molecule has 14 heavy (non-hydrogen) atoms. The molecule has 1 aromatic rings. The predicted octanol–water partition coefficient (Wildman–Crippen LogP) is 3.19. The van der Waals surface area contributed by atoms with Gasteiger partial charge in [-0.1, -0.05) is 0 Å². The molecule has 2 rings (SSSR count). The van der Waals surface area contributed by atoms with Gasteiger partial charge in [-0.25, -0.2) is 4.98 Å². The van der Waals surface area contributed by atoms with E-state index < -0.39 is 5.95 Å². The van der Waals surface area contributed by atoms with E-state index in [1.807, 2.05) is 6.07 Å². The van der Waals surface area contributed by atoms with Gasteiger partial charge in [0.25, 0.3) is 0 Å². The first-order valence-corrected chi connectivity index (χ1v) is 6.32. The van der Waals surface area contributed by atoms with Crippen molar-refractivity contribution in [2.24, 2.45) is 0 Å². The number of pyridine rings is 1. The van der Waals surface area contributed by atoms with Gasteiger partial charge in [-0.3, -0.25) is 0 Å². The lowest BCUT2D eigenvalue weighted by Crippen LogP contribution is -2.19. The summed E-state index contributed by atoms with van der Waals surface area (Å²) in [5.74, 6) is 0.339. The second-order valence-electron chi connectivity index (χ2n) is 3.26. The van der Waals surface area contributed by atoms with Crippen molar-refractivity contribution in [3.05, 3.63) is 20.1 Å². The van der Waals surface area contributed by atoms with Gasteiger partial charge in [-0.2, -0.15) is 4.39 Å². The normalized spacial score (nSPS) is 16.4. The smallest absolute Gasteiger partial charge is 0.230 e. The number of nitrogens with zero attached hydrogens (tertiary/aromatic N) is 2. The van der Waals surface area contributed by atoms with Crippen molar-refractivity contribution in [3.63, 3.8) is 0 Å². The Labute approximate surface area is 104 Å². The van der Waals surface area contributed by atoms with Gasteiger partial charge in [0.2, 0.25) is 5.95 Å². The highest BCUT2D eigenvalue weighted by Crippen LogP contribution is 2.27. The Morgan fingerprint density at radius 2 is 2.07 bits per heavy atom. The zero-order valence-corrected chi connectivity index (χ0v) is 11.2. The van der Waals surface area contributed by atoms with Crippen molar-refractivity contribution in [3.8, 4) is 0 Å². The van der Waals surface area contributed by atoms with Crippen LogP contribution in [0.2, 0.25) is 0 Å². The summed E-state index contributed by atoms with van der Waals surface area (Å²) in [7, 11) is 0. The first kappa shape index (κ1) is 10.6. The first-order valence-electron chi connectivity index (χ1n) is 4.45. The van der Waals surface area contributed by atoms with Crippen LogP contribution in [-0.2, 0) is 0 Å². The molecule has 5 heteroatoms. The molecule has 0 unspecified atom stereocenters. The van der Waals surface area contributed by atoms with Crippen molar-refractivity contribution in [1.29, 1.82) is 0 Å². The quantitative estimate of drug-likeness (QED) is 0.557. The average Bonchev–Trinajstić information content (AvgIpc) is 2.66. The summed E-state index contributed by atoms with van der Waals surface area (Å²) in [6.07, 6.45) is 2.35. The van der Waals surface area contributed by atoms with Crippen molar-refractivity contribution < 1.29 is 4.39 Å². The molecule has 1 fully saturated rings. The van der Waals surface area contributed by atoms with E-state index in [1.54, 1.807) is 0 Å². The highest BCUT2D eigenvalue weighted by Gasteiger charge is 2.16. The third-order valence-corrected chi connectivity index (χ3v) is 4.64. The fourth-order valence-corrected chi connectivity index (χ4v) is 2.27. The van der Waals surface area contributed by atoms with Crippen LogP contribution < -0.4 is 4.90 Å². The molecule has 1 aromatic heterocycles. The van der Waals surface area contributed by atoms with Crippen LogP contribution in [0.3, 0.4) is 0 Å². The Bertz CT molecular complexity index is 330. The van der Waals surface area contributed by atoms with E-state index in [4.69, 9.17) is 0 Å². The van der Waals surface area contributed by atoms with E-state index in [2.05, 4.69) is 48.4 Å². The molecule has 0 amide bonds. The SMILES string of the molecule is Fc1nc(N2CCCC2)cc(I)c1Br. The molecule has 1 aliphatic rings. The maximum Gasteiger partial charge on any atom is 0.230 e. The molecule has 0 radical (unpaired) electrons. The topological polar surface area (TPSA) is 16.1 Å². The Hall–Kier alpha value is 0.0900. The molecular formula is C9H9BrFIN2. The molecule has 0 spiro atoms. The van der Waals surface area contributed by atoms with Gasteiger partial charge in [-0.15, -0.1) is 0 Å². The summed E-state index contributed by atoms with van der Waals surface area (Å²) in [5.41, 5.74) is 0. The van der Waals surface area contributed by atoms with E-state index in [1.165, 1.54) is 12.8 Å². The van der Waals surface area contributed by atoms with Crippen LogP contribution in [0.15, 0.2) is 10.5 Å². The highest BCUT2D eigenvalue weighted by molar-refractivity contribution is 14.1. The lowest BCUT2D eigenvalue weighted by Gasteiger charge is -2.16. The molecule has 1 aliphatic heterocycles. The Morgan fingerprint density at radius 3 is 2.64 bits per heavy atom. The van der Waals surface area contributed by atoms with E-state index >= 15 is 0 Å². The van der Waals surface area contributed by atoms with Crippen molar-refractivity contribution in [1.82, 2.24) is 4.98 Å². The molecule has 0 N–H and O–H groups in total. The number of aromatic nitrogens is 1. The third-order valence-electron chi connectivity index (χ3n) is 2.29. The molecule has 0 saturated carbocycles. The molecule has 0 bridgehead atoms. The monoisotopic (exact) mass is 370 g/mol. The fraction of sp³-hybridized carbons (Fsp3) is 0.444. The number of anilines is 1. The lowest BCUT2D eigenvalue weighted by atomic mass is 10.4. The van der Waals surface area contributed by atoms with Gasteiger partial charge < -0.3 is 4.90 Å². The Balaban J connectivity index is 2.34. The van der Waals surface area contributed by atoms with Crippen LogP contribution in [0, 0.1) is 9.52 Å². The summed E-state index contributed by atoms with van der Waals surface area (Å²) in [6, 6.07) is 1.92. The number of hydrogen-bond donors (Lipinski definition) is 0. The molecule has 2 heterocycles. The Morgan fingerprint density at radius 1 is 1.43 bits per heavy atom. The van der Waals surface area contributed by atoms with Crippen molar-refractivity contribution in [2.45, 2.75) is 12.8 Å². The standard InChI is InChI=1S/C9H9BrFIN2/c10-8-6(12)5-7(13-9(8)11)14-3-1-2-4-14/h5H,1-4H2. The Kier molecular flexibility index (Phi) is 3.26. The number of halogens is 3. The zero-order valence-electron chi connectivity index (χ0n) is 7.43. The van der Waals surface area contributed by atoms with Gasteiger partial charge in [0.05, 0.1) is 4.47 Å². The molecular weight excluding hydrogens is 362 g/mol. The maximum atomic E-state index is 13.3. The summed E-state index contributed by atoms with van der Waals surface area (Å²) in [5, 5.41) is 0. The van der Waals surface area contributed by atoms with Crippen LogP contribution in [0.1, 0.15) is 12.8 Å². The van der Waals surface area contributed by atoms with E-state index in [9.17, 15) is 4.39 Å². The highest BCUT2D eigenvalue weighted by atomic mass is 127. The van der Waals surface area contributed by atoms with Crippen LogP contribution in [0.25, 0.3) is 0 Å². The van der Waals surface area contributed by atoms with E-state index in [-0.39, 0.29) is 0 Å². The minimum atomic E-state index is -0.418. The van der Waals surface area contributed by atoms with E-state index in [0.29, 0.717) is 4.47 Å². The summed E-state index contributed by atoms with van der Waals surface area (Å²) in [6.45, 7) is 1.98. The third kappa shape index (κ3) is 2.03. The molecule has 1 saturated heterocycles. The first-order chi connectivity index (χ1) is 6.68. The lowest BCUT2D eigenvalue weighted by molar-refractivity contribution is 0.574. The van der Waals surface area contributed by atoms with Crippen molar-refractivity contribution >= 4 is 44.3 Å². The van der Waals surface area contributed by atoms with Crippen LogP contribution in [0.5, 0.6) is 0 Å². The van der Waals surface area contributed by atoms with Crippen LogP contribution in [0.4, 0.5) is 10.2 Å². The molecule has 76 valence electrons. The van der Waals surface area contributed by atoms with Gasteiger partial charge in [-0.05, 0) is 57.4 Å². The largest absolute Gasteiger partial charge is 0.356 e. The second kappa shape index (κ2) is 4.30. The van der Waals surface area contributed by atoms with Gasteiger partial charge in [0, 0.05) is 16.7 Å². The fourth-order valence-electron chi connectivity index (χ4n) is 1.57. The molecule has 0 aliphatic carbocycles. The van der Waals surface area contributed by atoms with Crippen LogP contribution >= 0.6 is 38.5 Å². The van der Waals surface area contributed by atoms with Crippen LogP contribution in [-0.4, -0.2) is 18.1 Å². The summed E-state index contributed by atoms with van der Waals surface area (Å²) < 4.78 is 14.6. The predicted molar refractivity (Wildman–Crippen MR) is 66.1 cm³/mol. The maximum absolute atomic E-state index is 13.3. The average molecular weight is 371 g/mol. The van der Waals surface area contributed by atoms with Gasteiger partial charge >= 0.3 is 0 Å². The molecule has 0 atom stereocenters. The minimum Gasteiger partial charge on any atom is -0.356 e. The van der Waals surface area contributed by atoms with Crippen molar-refractivity contribution in [2.75, 3.05) is 18.0 Å². The van der Waals surface area contributed by atoms with Gasteiger partial charge in [0.15, 0.2) is 0 Å². The summed E-state index contributed by atoms with van der Waals surface area (Å²) in [4.78, 5) is 6.05. The molecule has 2 nitrogen and oxygen atoms in total. The van der Waals surface area contributed by atoms with Gasteiger partial charge in [0.1, 0.15) is 5.82 Å². The number of hydrogen-bond acceptors (Lipinski definition) is 2.